The molecule has 5 nitrogen and oxygen atoms in total. The largest absolute Gasteiger partial charge is 0.492 e. The maximum absolute atomic E-state index is 10.9. The van der Waals surface area contributed by atoms with Gasteiger partial charge in [0.1, 0.15) is 12.4 Å². The number of rotatable bonds is 10. The van der Waals surface area contributed by atoms with E-state index in [-0.39, 0.29) is 10.6 Å². The van der Waals surface area contributed by atoms with Gasteiger partial charge in [-0.25, -0.2) is 0 Å². The number of non-ortho nitro benzene ring substituents is 1. The summed E-state index contributed by atoms with van der Waals surface area (Å²) in [5.74, 6) is 0.901. The molecule has 162 valence electrons. The summed E-state index contributed by atoms with van der Waals surface area (Å²) in [5, 5.41) is 13.2. The molecular formula is C27H26N2O3. The quantitative estimate of drug-likeness (QED) is 0.235. The van der Waals surface area contributed by atoms with Gasteiger partial charge in [0, 0.05) is 37.2 Å². The zero-order valence-electron chi connectivity index (χ0n) is 17.9. The summed E-state index contributed by atoms with van der Waals surface area (Å²) in [5.41, 5.74) is 2.46. The molecular weight excluding hydrogens is 400 g/mol. The van der Waals surface area contributed by atoms with Crippen molar-refractivity contribution in [1.29, 1.82) is 0 Å². The fourth-order valence-electron chi connectivity index (χ4n) is 3.79. The summed E-state index contributed by atoms with van der Waals surface area (Å²) in [6.07, 6.45) is 0.819. The SMILES string of the molecule is O=[N+]([O-])c1ccc(CCN(CCOc2cccc3ccccc23)Cc2ccccc2)cc1. The second kappa shape index (κ2) is 10.6. The molecule has 0 radical (unpaired) electrons. The van der Waals surface area contributed by atoms with Crippen LogP contribution in [0.25, 0.3) is 10.8 Å². The fourth-order valence-corrected chi connectivity index (χ4v) is 3.79. The lowest BCUT2D eigenvalue weighted by Gasteiger charge is -2.23. The van der Waals surface area contributed by atoms with Crippen LogP contribution in [0.3, 0.4) is 0 Å². The van der Waals surface area contributed by atoms with Crippen molar-refractivity contribution in [2.45, 2.75) is 13.0 Å². The van der Waals surface area contributed by atoms with Crippen LogP contribution in [0, 0.1) is 10.1 Å². The molecule has 0 amide bonds. The van der Waals surface area contributed by atoms with Crippen molar-refractivity contribution in [3.8, 4) is 5.75 Å². The number of benzene rings is 4. The Morgan fingerprint density at radius 3 is 2.25 bits per heavy atom. The second-order valence-electron chi connectivity index (χ2n) is 7.76. The maximum atomic E-state index is 10.9. The van der Waals surface area contributed by atoms with E-state index in [0.717, 1.165) is 42.8 Å². The molecule has 4 aromatic carbocycles. The molecule has 0 atom stereocenters. The molecule has 32 heavy (non-hydrogen) atoms. The zero-order valence-corrected chi connectivity index (χ0v) is 17.9. The highest BCUT2D eigenvalue weighted by Gasteiger charge is 2.10. The molecule has 0 heterocycles. The van der Waals surface area contributed by atoms with E-state index in [4.69, 9.17) is 4.74 Å². The van der Waals surface area contributed by atoms with Gasteiger partial charge in [-0.15, -0.1) is 0 Å². The highest BCUT2D eigenvalue weighted by Crippen LogP contribution is 2.25. The number of hydrogen-bond acceptors (Lipinski definition) is 4. The van der Waals surface area contributed by atoms with Gasteiger partial charge < -0.3 is 4.74 Å². The van der Waals surface area contributed by atoms with Crippen molar-refractivity contribution in [2.24, 2.45) is 0 Å². The fraction of sp³-hybridized carbons (Fsp3) is 0.185. The van der Waals surface area contributed by atoms with Gasteiger partial charge in [-0.2, -0.15) is 0 Å². The lowest BCUT2D eigenvalue weighted by molar-refractivity contribution is -0.384. The molecule has 0 fully saturated rings. The number of ether oxygens (including phenoxy) is 1. The molecule has 0 unspecified atom stereocenters. The van der Waals surface area contributed by atoms with Crippen LogP contribution in [-0.4, -0.2) is 29.5 Å². The van der Waals surface area contributed by atoms with E-state index >= 15 is 0 Å². The van der Waals surface area contributed by atoms with Crippen molar-refractivity contribution < 1.29 is 9.66 Å². The average Bonchev–Trinajstić information content (AvgIpc) is 2.83. The molecule has 0 aromatic heterocycles. The monoisotopic (exact) mass is 426 g/mol. The van der Waals surface area contributed by atoms with Crippen LogP contribution in [-0.2, 0) is 13.0 Å². The molecule has 4 rings (SSSR count). The molecule has 5 heteroatoms. The molecule has 0 spiro atoms. The molecule has 0 aliphatic carbocycles. The molecule has 0 saturated heterocycles. The predicted molar refractivity (Wildman–Crippen MR) is 128 cm³/mol. The lowest BCUT2D eigenvalue weighted by Crippen LogP contribution is -2.30. The van der Waals surface area contributed by atoms with E-state index in [1.807, 2.05) is 42.5 Å². The Balaban J connectivity index is 1.40. The smallest absolute Gasteiger partial charge is 0.269 e. The molecule has 0 saturated carbocycles. The summed E-state index contributed by atoms with van der Waals surface area (Å²) in [7, 11) is 0. The maximum Gasteiger partial charge on any atom is 0.269 e. The van der Waals surface area contributed by atoms with Crippen LogP contribution >= 0.6 is 0 Å². The van der Waals surface area contributed by atoms with Crippen molar-refractivity contribution in [2.75, 3.05) is 19.7 Å². The third kappa shape index (κ3) is 5.71. The van der Waals surface area contributed by atoms with Crippen LogP contribution in [0.4, 0.5) is 5.69 Å². The van der Waals surface area contributed by atoms with E-state index in [1.165, 1.54) is 10.9 Å². The third-order valence-corrected chi connectivity index (χ3v) is 5.53. The molecule has 0 aliphatic rings. The number of hydrogen-bond donors (Lipinski definition) is 0. The normalized spacial score (nSPS) is 11.0. The van der Waals surface area contributed by atoms with E-state index in [1.54, 1.807) is 12.1 Å². The van der Waals surface area contributed by atoms with Gasteiger partial charge in [0.2, 0.25) is 0 Å². The summed E-state index contributed by atoms with van der Waals surface area (Å²) in [4.78, 5) is 12.9. The third-order valence-electron chi connectivity index (χ3n) is 5.53. The van der Waals surface area contributed by atoms with Crippen molar-refractivity contribution in [3.63, 3.8) is 0 Å². The van der Waals surface area contributed by atoms with Gasteiger partial charge in [0.25, 0.3) is 5.69 Å². The van der Waals surface area contributed by atoms with E-state index < -0.39 is 0 Å². The standard InChI is InChI=1S/C27H26N2O3/c30-29(31)25-15-13-22(14-16-25)17-18-28(21-23-7-2-1-3-8-23)19-20-32-27-12-6-10-24-9-4-5-11-26(24)27/h1-16H,17-21H2. The molecule has 0 N–H and O–H groups in total. The molecule has 0 aliphatic heterocycles. The second-order valence-corrected chi connectivity index (χ2v) is 7.76. The first kappa shape index (κ1) is 21.5. The Morgan fingerprint density at radius 1 is 0.750 bits per heavy atom. The van der Waals surface area contributed by atoms with Gasteiger partial charge in [-0.1, -0.05) is 78.9 Å². The minimum absolute atomic E-state index is 0.123. The Kier molecular flexibility index (Phi) is 7.10. The topological polar surface area (TPSA) is 55.6 Å². The number of nitro benzene ring substituents is 1. The Labute approximate surface area is 188 Å². The highest BCUT2D eigenvalue weighted by molar-refractivity contribution is 5.88. The molecule has 0 bridgehead atoms. The first-order valence-corrected chi connectivity index (χ1v) is 10.8. The average molecular weight is 427 g/mol. The summed E-state index contributed by atoms with van der Waals surface area (Å²) < 4.78 is 6.16. The zero-order chi connectivity index (χ0) is 22.2. The molecule has 4 aromatic rings. The first-order chi connectivity index (χ1) is 15.7. The van der Waals surface area contributed by atoms with Crippen molar-refractivity contribution in [1.82, 2.24) is 4.90 Å². The van der Waals surface area contributed by atoms with Gasteiger partial charge in [-0.05, 0) is 29.0 Å². The summed E-state index contributed by atoms with van der Waals surface area (Å²) >= 11 is 0. The minimum Gasteiger partial charge on any atom is -0.492 e. The van der Waals surface area contributed by atoms with Crippen LogP contribution in [0.1, 0.15) is 11.1 Å². The number of nitrogens with zero attached hydrogens (tertiary/aromatic N) is 2. The van der Waals surface area contributed by atoms with Crippen LogP contribution in [0.5, 0.6) is 5.75 Å². The Bertz CT molecular complexity index is 1160. The van der Waals surface area contributed by atoms with Crippen molar-refractivity contribution in [3.05, 3.63) is 118 Å². The van der Waals surface area contributed by atoms with Gasteiger partial charge in [0.05, 0.1) is 4.92 Å². The summed E-state index contributed by atoms with van der Waals surface area (Å²) in [6.45, 7) is 3.03. The van der Waals surface area contributed by atoms with E-state index in [2.05, 4.69) is 47.4 Å². The van der Waals surface area contributed by atoms with Crippen molar-refractivity contribution >= 4 is 16.5 Å². The van der Waals surface area contributed by atoms with Crippen LogP contribution < -0.4 is 4.74 Å². The number of fused-ring (bicyclic) bond motifs is 1. The highest BCUT2D eigenvalue weighted by atomic mass is 16.6. The van der Waals surface area contributed by atoms with E-state index in [9.17, 15) is 10.1 Å². The summed E-state index contributed by atoms with van der Waals surface area (Å²) in [6, 6.07) is 31.6. The van der Waals surface area contributed by atoms with Gasteiger partial charge in [-0.3, -0.25) is 15.0 Å². The Hall–Kier alpha value is -3.70. The lowest BCUT2D eigenvalue weighted by atomic mass is 10.1. The van der Waals surface area contributed by atoms with Crippen LogP contribution in [0.2, 0.25) is 0 Å². The number of nitro groups is 1. The predicted octanol–water partition coefficient (Wildman–Crippen LogP) is 5.87. The van der Waals surface area contributed by atoms with Crippen LogP contribution in [0.15, 0.2) is 97.1 Å². The van der Waals surface area contributed by atoms with Gasteiger partial charge >= 0.3 is 0 Å². The minimum atomic E-state index is -0.365. The van der Waals surface area contributed by atoms with E-state index in [0.29, 0.717) is 6.61 Å². The first-order valence-electron chi connectivity index (χ1n) is 10.8. The van der Waals surface area contributed by atoms with Gasteiger partial charge in [0.15, 0.2) is 0 Å². The Morgan fingerprint density at radius 2 is 1.47 bits per heavy atom.